The summed E-state index contributed by atoms with van der Waals surface area (Å²) in [5.41, 5.74) is 7.40. The number of Topliss-reactive ketones (excluding diaryl/α,β-unsaturated/α-hetero) is 1. The molecule has 1 aromatic heterocycles. The van der Waals surface area contributed by atoms with E-state index in [-0.39, 0.29) is 17.2 Å². The van der Waals surface area contributed by atoms with Crippen molar-refractivity contribution in [2.45, 2.75) is 45.1 Å². The number of hydrogen-bond acceptors (Lipinski definition) is 5. The molecule has 0 spiro atoms. The smallest absolute Gasteiger partial charge is 0.205 e. The van der Waals surface area contributed by atoms with Gasteiger partial charge in [-0.3, -0.25) is 9.48 Å². The zero-order valence-electron chi connectivity index (χ0n) is 12.5. The van der Waals surface area contributed by atoms with Crippen LogP contribution in [0.1, 0.15) is 44.2 Å². The van der Waals surface area contributed by atoms with E-state index >= 15 is 0 Å². The van der Waals surface area contributed by atoms with Crippen molar-refractivity contribution in [3.63, 3.8) is 0 Å². The molecule has 6 nitrogen and oxygen atoms in total. The highest BCUT2D eigenvalue weighted by atomic mass is 16.5. The second-order valence-corrected chi connectivity index (χ2v) is 5.54. The molecule has 0 bridgehead atoms. The molecule has 2 heterocycles. The normalized spacial score (nSPS) is 21.5. The molecule has 0 saturated heterocycles. The van der Waals surface area contributed by atoms with E-state index in [1.165, 1.54) is 0 Å². The molecule has 1 aromatic rings. The van der Waals surface area contributed by atoms with Crippen LogP contribution in [0, 0.1) is 11.3 Å². The molecular weight excluding hydrogens is 280 g/mol. The monoisotopic (exact) mass is 298 g/mol. The van der Waals surface area contributed by atoms with Crippen molar-refractivity contribution in [3.8, 4) is 6.07 Å². The van der Waals surface area contributed by atoms with Crippen LogP contribution in [0.5, 0.6) is 0 Å². The lowest BCUT2D eigenvalue weighted by Crippen LogP contribution is -2.27. The molecule has 0 radical (unpaired) electrons. The number of aryl methyl sites for hydroxylation is 1. The fourth-order valence-electron chi connectivity index (χ4n) is 3.04. The van der Waals surface area contributed by atoms with Crippen molar-refractivity contribution in [1.82, 2.24) is 9.78 Å². The van der Waals surface area contributed by atoms with E-state index in [2.05, 4.69) is 18.1 Å². The van der Waals surface area contributed by atoms with Crippen LogP contribution in [0.2, 0.25) is 0 Å². The van der Waals surface area contributed by atoms with Gasteiger partial charge in [-0.05, 0) is 18.9 Å². The van der Waals surface area contributed by atoms with Crippen molar-refractivity contribution in [3.05, 3.63) is 40.7 Å². The molecular formula is C16H18N4O2. The first kappa shape index (κ1) is 14.4. The summed E-state index contributed by atoms with van der Waals surface area (Å²) in [6.45, 7) is 2.86. The summed E-state index contributed by atoms with van der Waals surface area (Å²) in [6.07, 6.45) is 4.74. The second-order valence-electron chi connectivity index (χ2n) is 5.54. The fraction of sp³-hybridized carbons (Fsp3) is 0.438. The van der Waals surface area contributed by atoms with Gasteiger partial charge in [0.1, 0.15) is 17.4 Å². The predicted octanol–water partition coefficient (Wildman–Crippen LogP) is 2.11. The Kier molecular flexibility index (Phi) is 3.72. The summed E-state index contributed by atoms with van der Waals surface area (Å²) in [7, 11) is 0. The number of rotatable bonds is 3. The van der Waals surface area contributed by atoms with Crippen LogP contribution in [-0.2, 0) is 16.1 Å². The molecule has 114 valence electrons. The number of nitrogens with two attached hydrogens (primary N) is 1. The predicted molar refractivity (Wildman–Crippen MR) is 79.1 cm³/mol. The van der Waals surface area contributed by atoms with E-state index in [4.69, 9.17) is 10.5 Å². The third kappa shape index (κ3) is 2.29. The SMILES string of the molecule is CCCn1ccc([C@H]2C(C#N)=C(N)OC3=C2C(=O)CCC3)n1. The topological polar surface area (TPSA) is 93.9 Å². The van der Waals surface area contributed by atoms with Gasteiger partial charge in [0.15, 0.2) is 5.78 Å². The number of hydrogen-bond donors (Lipinski definition) is 1. The van der Waals surface area contributed by atoms with Crippen LogP contribution in [-0.4, -0.2) is 15.6 Å². The number of ketones is 1. The number of carbonyl (C=O) groups excluding carboxylic acids is 1. The van der Waals surface area contributed by atoms with Crippen LogP contribution in [0.25, 0.3) is 0 Å². The Morgan fingerprint density at radius 3 is 3.09 bits per heavy atom. The molecule has 0 saturated carbocycles. The lowest BCUT2D eigenvalue weighted by atomic mass is 9.80. The second kappa shape index (κ2) is 5.68. The molecule has 22 heavy (non-hydrogen) atoms. The molecule has 2 aliphatic rings. The first-order valence-electron chi connectivity index (χ1n) is 7.52. The van der Waals surface area contributed by atoms with Gasteiger partial charge in [-0.2, -0.15) is 10.4 Å². The largest absolute Gasteiger partial charge is 0.444 e. The van der Waals surface area contributed by atoms with E-state index in [0.29, 0.717) is 29.9 Å². The molecule has 0 unspecified atom stereocenters. The van der Waals surface area contributed by atoms with Gasteiger partial charge in [0.2, 0.25) is 5.88 Å². The van der Waals surface area contributed by atoms with Crippen LogP contribution >= 0.6 is 0 Å². The van der Waals surface area contributed by atoms with E-state index in [1.54, 1.807) is 0 Å². The Balaban J connectivity index is 2.09. The number of ether oxygens (including phenoxy) is 1. The zero-order chi connectivity index (χ0) is 15.7. The average Bonchev–Trinajstić information content (AvgIpc) is 2.95. The van der Waals surface area contributed by atoms with E-state index < -0.39 is 5.92 Å². The summed E-state index contributed by atoms with van der Waals surface area (Å²) >= 11 is 0. The maximum absolute atomic E-state index is 12.4. The maximum Gasteiger partial charge on any atom is 0.205 e. The molecule has 0 fully saturated rings. The van der Waals surface area contributed by atoms with Crippen molar-refractivity contribution in [2.24, 2.45) is 5.73 Å². The summed E-state index contributed by atoms with van der Waals surface area (Å²) in [6, 6.07) is 3.94. The van der Waals surface area contributed by atoms with Gasteiger partial charge in [-0.15, -0.1) is 0 Å². The van der Waals surface area contributed by atoms with E-state index in [9.17, 15) is 10.1 Å². The van der Waals surface area contributed by atoms with Crippen LogP contribution in [0.3, 0.4) is 0 Å². The minimum absolute atomic E-state index is 0.0246. The van der Waals surface area contributed by atoms with Gasteiger partial charge < -0.3 is 10.5 Å². The lowest BCUT2D eigenvalue weighted by Gasteiger charge is -2.29. The Morgan fingerprint density at radius 2 is 2.36 bits per heavy atom. The number of aromatic nitrogens is 2. The molecule has 6 heteroatoms. The molecule has 1 aliphatic heterocycles. The summed E-state index contributed by atoms with van der Waals surface area (Å²) in [5.74, 6) is 0.213. The van der Waals surface area contributed by atoms with Crippen molar-refractivity contribution in [2.75, 3.05) is 0 Å². The van der Waals surface area contributed by atoms with Crippen LogP contribution in [0.4, 0.5) is 0 Å². The van der Waals surface area contributed by atoms with E-state index in [1.807, 2.05) is 16.9 Å². The van der Waals surface area contributed by atoms with Crippen LogP contribution < -0.4 is 5.73 Å². The summed E-state index contributed by atoms with van der Waals surface area (Å²) in [4.78, 5) is 12.4. The molecule has 3 rings (SSSR count). The maximum atomic E-state index is 12.4. The van der Waals surface area contributed by atoms with Gasteiger partial charge in [0.05, 0.1) is 11.6 Å². The lowest BCUT2D eigenvalue weighted by molar-refractivity contribution is -0.116. The van der Waals surface area contributed by atoms with Crippen molar-refractivity contribution in [1.29, 1.82) is 5.26 Å². The standard InChI is InChI=1S/C16H18N4O2/c1-2-7-20-8-6-11(19-20)14-10(9-17)16(18)22-13-5-3-4-12(21)15(13)14/h6,8,14H,2-5,7,18H2,1H3/t14-/m1/s1. The molecule has 1 aliphatic carbocycles. The Bertz CT molecular complexity index is 721. The minimum atomic E-state index is -0.500. The first-order chi connectivity index (χ1) is 10.7. The first-order valence-corrected chi connectivity index (χ1v) is 7.52. The zero-order valence-corrected chi connectivity index (χ0v) is 12.5. The van der Waals surface area contributed by atoms with Crippen molar-refractivity contribution >= 4 is 5.78 Å². The quantitative estimate of drug-likeness (QED) is 0.922. The highest BCUT2D eigenvalue weighted by molar-refractivity contribution is 5.99. The van der Waals surface area contributed by atoms with Gasteiger partial charge in [-0.1, -0.05) is 6.92 Å². The Morgan fingerprint density at radius 1 is 1.55 bits per heavy atom. The van der Waals surface area contributed by atoms with Gasteiger partial charge in [-0.25, -0.2) is 0 Å². The van der Waals surface area contributed by atoms with E-state index in [0.717, 1.165) is 19.4 Å². The molecule has 1 atom stereocenters. The Labute approximate surface area is 128 Å². The minimum Gasteiger partial charge on any atom is -0.444 e. The summed E-state index contributed by atoms with van der Waals surface area (Å²) in [5, 5.41) is 14.0. The molecule has 0 aromatic carbocycles. The third-order valence-electron chi connectivity index (χ3n) is 4.01. The fourth-order valence-corrected chi connectivity index (χ4v) is 3.04. The molecule has 0 amide bonds. The number of carbonyl (C=O) groups is 1. The third-order valence-corrected chi connectivity index (χ3v) is 4.01. The molecule has 2 N–H and O–H groups in total. The number of allylic oxidation sites excluding steroid dienone is 3. The highest BCUT2D eigenvalue weighted by Gasteiger charge is 2.39. The van der Waals surface area contributed by atoms with Crippen LogP contribution in [0.15, 0.2) is 35.1 Å². The van der Waals surface area contributed by atoms with Gasteiger partial charge in [0.25, 0.3) is 0 Å². The van der Waals surface area contributed by atoms with Gasteiger partial charge in [0, 0.05) is 31.2 Å². The van der Waals surface area contributed by atoms with Crippen molar-refractivity contribution < 1.29 is 9.53 Å². The number of nitriles is 1. The highest BCUT2D eigenvalue weighted by Crippen LogP contribution is 2.42. The van der Waals surface area contributed by atoms with Gasteiger partial charge >= 0.3 is 0 Å². The summed E-state index contributed by atoms with van der Waals surface area (Å²) < 4.78 is 7.35. The number of nitrogens with zero attached hydrogens (tertiary/aromatic N) is 3. The average molecular weight is 298 g/mol. The Hall–Kier alpha value is -2.55.